The molecule has 0 radical (unpaired) electrons. The van der Waals surface area contributed by atoms with Gasteiger partial charge in [0.05, 0.1) is 12.1 Å². The van der Waals surface area contributed by atoms with Crippen LogP contribution in [0.15, 0.2) is 66.2 Å². The standard InChI is InChI=1S/C27H29N3OS/c1-2-20-8-10-23(11-9-20)25-18-30-24(19-32-27(30)28-25)17-26(31)29-14-12-22(13-15-29)16-21-6-4-3-5-7-21/h3-11,18-19,22H,2,12-17H2,1H3. The number of likely N-dealkylation sites (tertiary alicyclic amines) is 1. The van der Waals surface area contributed by atoms with Crippen molar-refractivity contribution < 1.29 is 4.79 Å². The number of amides is 1. The van der Waals surface area contributed by atoms with E-state index < -0.39 is 0 Å². The first-order chi connectivity index (χ1) is 15.7. The largest absolute Gasteiger partial charge is 0.342 e. The average Bonchev–Trinajstić information content (AvgIpc) is 3.42. The molecule has 4 nitrogen and oxygen atoms in total. The number of carbonyl (C=O) groups excluding carboxylic acids is 1. The topological polar surface area (TPSA) is 37.6 Å². The second kappa shape index (κ2) is 9.29. The Hall–Kier alpha value is -2.92. The highest BCUT2D eigenvalue weighted by Gasteiger charge is 2.24. The Labute approximate surface area is 193 Å². The number of rotatable bonds is 6. The smallest absolute Gasteiger partial charge is 0.228 e. The van der Waals surface area contributed by atoms with Gasteiger partial charge in [0.2, 0.25) is 5.91 Å². The molecule has 1 aliphatic heterocycles. The molecule has 0 spiro atoms. The van der Waals surface area contributed by atoms with Crippen LogP contribution in [-0.2, 0) is 24.1 Å². The minimum atomic E-state index is 0.227. The van der Waals surface area contributed by atoms with E-state index in [1.807, 2.05) is 4.90 Å². The molecule has 1 fully saturated rings. The Morgan fingerprint density at radius 2 is 1.78 bits per heavy atom. The summed E-state index contributed by atoms with van der Waals surface area (Å²) in [5.41, 5.74) is 5.85. The highest BCUT2D eigenvalue weighted by Crippen LogP contribution is 2.26. The molecule has 3 heterocycles. The summed E-state index contributed by atoms with van der Waals surface area (Å²) >= 11 is 1.61. The Balaban J connectivity index is 1.22. The fourth-order valence-corrected chi connectivity index (χ4v) is 5.48. The number of aryl methyl sites for hydroxylation is 1. The molecule has 0 atom stereocenters. The SMILES string of the molecule is CCc1ccc(-c2cn3c(CC(=O)N4CCC(Cc5ccccc5)CC4)csc3n2)cc1. The third kappa shape index (κ3) is 4.49. The zero-order valence-electron chi connectivity index (χ0n) is 18.5. The number of aromatic nitrogens is 2. The number of nitrogens with zero attached hydrogens (tertiary/aromatic N) is 3. The van der Waals surface area contributed by atoms with Crippen molar-refractivity contribution >= 4 is 22.2 Å². The summed E-state index contributed by atoms with van der Waals surface area (Å²) < 4.78 is 2.09. The maximum absolute atomic E-state index is 13.0. The van der Waals surface area contributed by atoms with Crippen LogP contribution in [0.1, 0.15) is 36.6 Å². The van der Waals surface area contributed by atoms with E-state index in [2.05, 4.69) is 77.5 Å². The summed E-state index contributed by atoms with van der Waals surface area (Å²) in [6.45, 7) is 3.89. The summed E-state index contributed by atoms with van der Waals surface area (Å²) in [4.78, 5) is 20.8. The lowest BCUT2D eigenvalue weighted by atomic mass is 9.90. The van der Waals surface area contributed by atoms with E-state index in [4.69, 9.17) is 4.98 Å². The van der Waals surface area contributed by atoms with Gasteiger partial charge in [0.25, 0.3) is 0 Å². The van der Waals surface area contributed by atoms with Crippen molar-refractivity contribution in [1.29, 1.82) is 0 Å². The van der Waals surface area contributed by atoms with Crippen LogP contribution in [0.25, 0.3) is 16.2 Å². The Bertz CT molecular complexity index is 1180. The number of piperidine rings is 1. The zero-order chi connectivity index (χ0) is 21.9. The monoisotopic (exact) mass is 443 g/mol. The quantitative estimate of drug-likeness (QED) is 0.386. The molecule has 4 aromatic rings. The fourth-order valence-electron chi connectivity index (χ4n) is 4.61. The summed E-state index contributed by atoms with van der Waals surface area (Å²) in [5, 5.41) is 2.08. The van der Waals surface area contributed by atoms with Crippen LogP contribution >= 0.6 is 11.3 Å². The molecule has 0 bridgehead atoms. The third-order valence-corrected chi connectivity index (χ3v) is 7.50. The van der Waals surface area contributed by atoms with Gasteiger partial charge >= 0.3 is 0 Å². The molecule has 0 unspecified atom stereocenters. The van der Waals surface area contributed by atoms with E-state index in [9.17, 15) is 4.79 Å². The van der Waals surface area contributed by atoms with Crippen molar-refractivity contribution in [3.63, 3.8) is 0 Å². The minimum Gasteiger partial charge on any atom is -0.342 e. The summed E-state index contributed by atoms with van der Waals surface area (Å²) in [7, 11) is 0. The van der Waals surface area contributed by atoms with Gasteiger partial charge in [-0.25, -0.2) is 4.98 Å². The van der Waals surface area contributed by atoms with Crippen LogP contribution in [0, 0.1) is 5.92 Å². The predicted molar refractivity (Wildman–Crippen MR) is 131 cm³/mol. The van der Waals surface area contributed by atoms with Gasteiger partial charge in [0.1, 0.15) is 0 Å². The van der Waals surface area contributed by atoms with Crippen LogP contribution in [-0.4, -0.2) is 33.3 Å². The molecule has 5 heteroatoms. The lowest BCUT2D eigenvalue weighted by Gasteiger charge is -2.32. The number of fused-ring (bicyclic) bond motifs is 1. The number of thiazole rings is 1. The van der Waals surface area contributed by atoms with Crippen molar-refractivity contribution in [3.05, 3.63) is 83.0 Å². The number of benzene rings is 2. The lowest BCUT2D eigenvalue weighted by Crippen LogP contribution is -2.39. The maximum Gasteiger partial charge on any atom is 0.228 e. The second-order valence-corrected chi connectivity index (χ2v) is 9.58. The molecule has 1 saturated heterocycles. The van der Waals surface area contributed by atoms with Gasteiger partial charge < -0.3 is 4.90 Å². The minimum absolute atomic E-state index is 0.227. The van der Waals surface area contributed by atoms with Gasteiger partial charge in [-0.15, -0.1) is 11.3 Å². The highest BCUT2D eigenvalue weighted by atomic mass is 32.1. The summed E-state index contributed by atoms with van der Waals surface area (Å²) in [6.07, 6.45) is 6.83. The molecule has 164 valence electrons. The molecule has 1 amide bonds. The molecule has 5 rings (SSSR count). The summed E-state index contributed by atoms with van der Waals surface area (Å²) in [6, 6.07) is 19.3. The average molecular weight is 444 g/mol. The lowest BCUT2D eigenvalue weighted by molar-refractivity contribution is -0.131. The normalized spacial score (nSPS) is 14.8. The Morgan fingerprint density at radius 3 is 2.50 bits per heavy atom. The Morgan fingerprint density at radius 1 is 1.03 bits per heavy atom. The van der Waals surface area contributed by atoms with Gasteiger partial charge in [0.15, 0.2) is 4.96 Å². The van der Waals surface area contributed by atoms with E-state index in [1.54, 1.807) is 11.3 Å². The predicted octanol–water partition coefficient (Wildman–Crippen LogP) is 5.65. The number of hydrogen-bond donors (Lipinski definition) is 0. The third-order valence-electron chi connectivity index (χ3n) is 6.61. The molecular formula is C27H29N3OS. The van der Waals surface area contributed by atoms with E-state index >= 15 is 0 Å². The van der Waals surface area contributed by atoms with Crippen molar-refractivity contribution in [1.82, 2.24) is 14.3 Å². The van der Waals surface area contributed by atoms with Crippen LogP contribution in [0.4, 0.5) is 0 Å². The van der Waals surface area contributed by atoms with Gasteiger partial charge in [-0.3, -0.25) is 9.20 Å². The van der Waals surface area contributed by atoms with Crippen LogP contribution in [0.3, 0.4) is 0 Å². The molecule has 32 heavy (non-hydrogen) atoms. The van der Waals surface area contributed by atoms with Gasteiger partial charge in [0, 0.05) is 35.9 Å². The second-order valence-electron chi connectivity index (χ2n) is 8.75. The first-order valence-corrected chi connectivity index (χ1v) is 12.4. The van der Waals surface area contributed by atoms with E-state index in [0.29, 0.717) is 12.3 Å². The first kappa shape index (κ1) is 21.0. The molecule has 0 saturated carbocycles. The molecule has 0 N–H and O–H groups in total. The molecular weight excluding hydrogens is 414 g/mol. The molecule has 2 aromatic carbocycles. The van der Waals surface area contributed by atoms with E-state index in [0.717, 1.165) is 60.7 Å². The molecule has 0 aliphatic carbocycles. The zero-order valence-corrected chi connectivity index (χ0v) is 19.4. The van der Waals surface area contributed by atoms with E-state index in [1.165, 1.54) is 11.1 Å². The number of hydrogen-bond acceptors (Lipinski definition) is 3. The number of carbonyl (C=O) groups is 1. The molecule has 2 aromatic heterocycles. The Kier molecular flexibility index (Phi) is 6.08. The molecule has 1 aliphatic rings. The van der Waals surface area contributed by atoms with Crippen molar-refractivity contribution in [3.8, 4) is 11.3 Å². The summed E-state index contributed by atoms with van der Waals surface area (Å²) in [5.74, 6) is 0.898. The van der Waals surface area contributed by atoms with Gasteiger partial charge in [-0.1, -0.05) is 61.5 Å². The van der Waals surface area contributed by atoms with Gasteiger partial charge in [-0.2, -0.15) is 0 Å². The van der Waals surface area contributed by atoms with Crippen LogP contribution in [0.2, 0.25) is 0 Å². The van der Waals surface area contributed by atoms with Crippen molar-refractivity contribution in [2.45, 2.75) is 39.0 Å². The first-order valence-electron chi connectivity index (χ1n) is 11.6. The maximum atomic E-state index is 13.0. The number of imidazole rings is 1. The van der Waals surface area contributed by atoms with Crippen LogP contribution in [0.5, 0.6) is 0 Å². The van der Waals surface area contributed by atoms with E-state index in [-0.39, 0.29) is 5.91 Å². The van der Waals surface area contributed by atoms with Crippen molar-refractivity contribution in [2.24, 2.45) is 5.92 Å². The van der Waals surface area contributed by atoms with Crippen LogP contribution < -0.4 is 0 Å². The highest BCUT2D eigenvalue weighted by molar-refractivity contribution is 7.15. The van der Waals surface area contributed by atoms with Crippen molar-refractivity contribution in [2.75, 3.05) is 13.1 Å². The fraction of sp³-hybridized carbons (Fsp3) is 0.333. The van der Waals surface area contributed by atoms with Gasteiger partial charge in [-0.05, 0) is 42.7 Å².